The lowest BCUT2D eigenvalue weighted by Crippen LogP contribution is -2.20. The van der Waals surface area contributed by atoms with Crippen molar-refractivity contribution in [3.63, 3.8) is 0 Å². The third-order valence-electron chi connectivity index (χ3n) is 19.4. The van der Waals surface area contributed by atoms with Crippen molar-refractivity contribution in [3.8, 4) is 62.6 Å². The Morgan fingerprint density at radius 3 is 1.15 bits per heavy atom. The van der Waals surface area contributed by atoms with E-state index in [2.05, 4.69) is 102 Å². The number of nitrogens with two attached hydrogens (primary N) is 3. The Morgan fingerprint density at radius 1 is 0.487 bits per heavy atom. The van der Waals surface area contributed by atoms with Crippen LogP contribution in [-0.2, 0) is 40.3 Å². The van der Waals surface area contributed by atoms with E-state index in [0.29, 0.717) is 36.5 Å². The third-order valence-corrected chi connectivity index (χ3v) is 19.4. The first-order chi connectivity index (χ1) is 53.2. The number of aromatic amines is 2. The number of amides is 1. The number of phenols is 3. The van der Waals surface area contributed by atoms with Crippen LogP contribution in [0.25, 0.3) is 45.3 Å². The maximum atomic E-state index is 13.2. The van der Waals surface area contributed by atoms with E-state index in [1.54, 1.807) is 61.3 Å². The number of nitrogen functional groups attached to an aromatic ring is 1. The number of benzene rings is 6. The zero-order valence-corrected chi connectivity index (χ0v) is 65.3. The van der Waals surface area contributed by atoms with Gasteiger partial charge in [0.1, 0.15) is 34.4 Å². The number of aromatic hydroxyl groups is 3. The van der Waals surface area contributed by atoms with Crippen molar-refractivity contribution in [3.05, 3.63) is 228 Å². The Morgan fingerprint density at radius 2 is 0.823 bits per heavy atom. The Balaban J connectivity index is 0.000000174. The number of hydrogen-bond acceptors (Lipinski definition) is 22. The SMILES string of the molecule is Br.CC1=NN(c2ccc3c(c2)C(C)(C)CC3)C(=O)C1.Cc1[nH]n(-c2ccc3c(c2)C(C)(C)CC3)c(=O)c1N=Nc1cccc(-c2ccc(C(=O)O)o2)c1O.Cc1[nH]n(-c2ccc3c(c2)C(C)(C)CC3)c(=O)c1N=Nc1cccc(-c2ccc(C(=O)O)o2)c1O.NCCO.NCCO.Nc1cccc(-c2ccc(C(=O)O)o2)c1O. The first kappa shape index (κ1) is 84.5. The Kier molecular flexibility index (Phi) is 26.6. The molecule has 1 amide bonds. The molecule has 0 bridgehead atoms. The number of carboxylic acids is 3. The number of carboxylic acid groups (broad SMARTS) is 3. The molecule has 0 atom stereocenters. The molecule has 15 rings (SSSR count). The van der Waals surface area contributed by atoms with E-state index in [0.717, 1.165) is 54.9 Å². The molecule has 592 valence electrons. The first-order valence-electron chi connectivity index (χ1n) is 35.8. The zero-order chi connectivity index (χ0) is 81.3. The number of para-hydroxylation sites is 3. The second-order valence-corrected chi connectivity index (χ2v) is 28.8. The number of halogens is 1. The van der Waals surface area contributed by atoms with E-state index < -0.39 is 17.9 Å². The molecule has 5 aromatic heterocycles. The molecule has 0 unspecified atom stereocenters. The fourth-order valence-corrected chi connectivity index (χ4v) is 13.2. The van der Waals surface area contributed by atoms with Gasteiger partial charge >= 0.3 is 17.9 Å². The summed E-state index contributed by atoms with van der Waals surface area (Å²) in [5.41, 5.74) is 28.5. The number of aliphatic hydroxyl groups excluding tert-OH is 2. The molecule has 113 heavy (non-hydrogen) atoms. The number of aromatic carboxylic acids is 3. The number of furan rings is 3. The fourth-order valence-electron chi connectivity index (χ4n) is 13.2. The average Bonchev–Trinajstić information content (AvgIpc) is 1.61. The molecule has 0 fully saturated rings. The summed E-state index contributed by atoms with van der Waals surface area (Å²) in [5, 5.41) is 102. The van der Waals surface area contributed by atoms with Gasteiger partial charge < -0.3 is 71.3 Å². The van der Waals surface area contributed by atoms with Crippen LogP contribution < -0.4 is 33.3 Å². The van der Waals surface area contributed by atoms with Gasteiger partial charge in [-0.25, -0.2) is 28.8 Å². The molecule has 11 aromatic rings. The summed E-state index contributed by atoms with van der Waals surface area (Å²) >= 11 is 0. The monoisotopic (exact) mass is 1610 g/mol. The Hall–Kier alpha value is -12.6. The average molecular weight is 1610 g/mol. The normalized spacial score (nSPS) is 14.3. The van der Waals surface area contributed by atoms with E-state index in [1.165, 1.54) is 97.7 Å². The number of phenolic OH excluding ortho intramolecular Hbond substituents is 3. The molecule has 31 heteroatoms. The third kappa shape index (κ3) is 18.9. The molecular formula is C82H90BrN13O17. The minimum Gasteiger partial charge on any atom is -0.505 e. The summed E-state index contributed by atoms with van der Waals surface area (Å²) in [6.07, 6.45) is 6.96. The number of nitrogens with zero attached hydrogens (tertiary/aromatic N) is 8. The predicted octanol–water partition coefficient (Wildman–Crippen LogP) is 15.0. The van der Waals surface area contributed by atoms with Gasteiger partial charge in [0.2, 0.25) is 17.3 Å². The highest BCUT2D eigenvalue weighted by molar-refractivity contribution is 8.93. The number of carbonyl (C=O) groups is 4. The van der Waals surface area contributed by atoms with Gasteiger partial charge in [-0.05, 0) is 218 Å². The minimum atomic E-state index is -1.21. The van der Waals surface area contributed by atoms with Crippen LogP contribution in [0, 0.1) is 13.8 Å². The van der Waals surface area contributed by atoms with Crippen LogP contribution in [0.3, 0.4) is 0 Å². The summed E-state index contributed by atoms with van der Waals surface area (Å²) in [4.78, 5) is 71.0. The number of rotatable bonds is 15. The van der Waals surface area contributed by atoms with Crippen LogP contribution in [0.1, 0.15) is 151 Å². The predicted molar refractivity (Wildman–Crippen MR) is 432 cm³/mol. The molecule has 16 N–H and O–H groups in total. The lowest BCUT2D eigenvalue weighted by Gasteiger charge is -2.21. The maximum Gasteiger partial charge on any atom is 0.371 e. The largest absolute Gasteiger partial charge is 0.505 e. The number of fused-ring (bicyclic) bond motifs is 3. The van der Waals surface area contributed by atoms with Crippen molar-refractivity contribution in [2.75, 3.05) is 37.0 Å². The number of hydrogen-bond donors (Lipinski definition) is 13. The smallest absolute Gasteiger partial charge is 0.371 e. The number of aliphatic hydroxyl groups is 2. The summed E-state index contributed by atoms with van der Waals surface area (Å²) < 4.78 is 18.5. The highest BCUT2D eigenvalue weighted by atomic mass is 79.9. The Bertz CT molecular complexity index is 5330. The molecule has 1 aliphatic heterocycles. The second kappa shape index (κ2) is 35.6. The van der Waals surface area contributed by atoms with Crippen LogP contribution >= 0.6 is 17.0 Å². The zero-order valence-electron chi connectivity index (χ0n) is 63.6. The number of H-pyrrole nitrogens is 2. The van der Waals surface area contributed by atoms with E-state index in [9.17, 15) is 44.1 Å². The number of nitrogens with one attached hydrogen (secondary N) is 2. The lowest BCUT2D eigenvalue weighted by molar-refractivity contribution is -0.116. The van der Waals surface area contributed by atoms with Gasteiger partial charge in [-0.1, -0.05) is 77.9 Å². The highest BCUT2D eigenvalue weighted by Gasteiger charge is 2.34. The number of aromatic nitrogens is 4. The molecule has 0 saturated heterocycles. The maximum absolute atomic E-state index is 13.2. The number of aryl methyl sites for hydroxylation is 5. The van der Waals surface area contributed by atoms with Crippen molar-refractivity contribution in [1.82, 2.24) is 19.6 Å². The fraction of sp³-hybridized carbons (Fsp3) is 0.280. The van der Waals surface area contributed by atoms with E-state index >= 15 is 0 Å². The van der Waals surface area contributed by atoms with E-state index in [4.69, 9.17) is 56.0 Å². The van der Waals surface area contributed by atoms with Gasteiger partial charge in [-0.2, -0.15) is 5.10 Å². The van der Waals surface area contributed by atoms with Gasteiger partial charge in [0, 0.05) is 18.8 Å². The van der Waals surface area contributed by atoms with Gasteiger partial charge in [0.05, 0.1) is 70.5 Å². The molecule has 3 aliphatic carbocycles. The van der Waals surface area contributed by atoms with E-state index in [-0.39, 0.29) is 155 Å². The van der Waals surface area contributed by atoms with Crippen molar-refractivity contribution in [1.29, 1.82) is 0 Å². The van der Waals surface area contributed by atoms with Crippen LogP contribution in [0.5, 0.6) is 17.2 Å². The molecule has 30 nitrogen and oxygen atoms in total. The quantitative estimate of drug-likeness (QED) is 0.0257. The van der Waals surface area contributed by atoms with Crippen LogP contribution in [0.15, 0.2) is 194 Å². The van der Waals surface area contributed by atoms with Gasteiger partial charge in [0.15, 0.2) is 22.9 Å². The van der Waals surface area contributed by atoms with Crippen molar-refractivity contribution in [2.24, 2.45) is 37.0 Å². The van der Waals surface area contributed by atoms with Crippen molar-refractivity contribution < 1.29 is 73.3 Å². The molecule has 0 spiro atoms. The highest BCUT2D eigenvalue weighted by Crippen LogP contribution is 2.45. The molecule has 6 aromatic carbocycles. The van der Waals surface area contributed by atoms with Gasteiger partial charge in [-0.15, -0.1) is 37.4 Å². The van der Waals surface area contributed by atoms with Crippen LogP contribution in [0.4, 0.5) is 34.1 Å². The van der Waals surface area contributed by atoms with Gasteiger partial charge in [0.25, 0.3) is 17.0 Å². The van der Waals surface area contributed by atoms with E-state index in [1.807, 2.05) is 37.3 Å². The summed E-state index contributed by atoms with van der Waals surface area (Å²) in [6.45, 7) is 19.7. The minimum absolute atomic E-state index is 0. The number of anilines is 2. The number of hydrazone groups is 1. The van der Waals surface area contributed by atoms with Crippen molar-refractivity contribution in [2.45, 2.75) is 124 Å². The summed E-state index contributed by atoms with van der Waals surface area (Å²) in [5.74, 6) is -4.15. The summed E-state index contributed by atoms with van der Waals surface area (Å²) in [7, 11) is 0. The molecule has 4 aliphatic rings. The topological polar surface area (TPSA) is 488 Å². The van der Waals surface area contributed by atoms with Gasteiger partial charge in [-0.3, -0.25) is 24.6 Å². The Labute approximate surface area is 658 Å². The molecule has 6 heterocycles. The standard InChI is InChI=1S/2C26H24N4O5.C15H18N2O.C11H9NO4.2C2H7NO.BrH/c2*1-14-22(24(32)30(29-14)16-8-7-15-11-12-26(2,3)18(15)13-16)28-27-19-6-4-5-17(23(19)31)20-9-10-21(35-20)25(33)34;1-10-8-14(18)17(16-10)12-5-4-11-6-7-15(2,3)13(11)9-12;12-7-3-1-2-6(10(7)13)8-4-5-9(16-8)11(14)15;2*3-1-2-4;/h2*4-10,13,29,31H,11-12H2,1-3H3,(H,33,34);4-5,9H,6-8H2,1-3H3;1-5,13H,12H2,(H,14,15);2*4H,1-3H2;1H. The molecular weight excluding hydrogens is 1520 g/mol. The number of carbonyl (C=O) groups excluding carboxylic acids is 1. The van der Waals surface area contributed by atoms with Crippen LogP contribution in [0.2, 0.25) is 0 Å². The molecule has 0 saturated carbocycles. The second-order valence-electron chi connectivity index (χ2n) is 28.8. The van der Waals surface area contributed by atoms with Crippen molar-refractivity contribution >= 4 is 80.6 Å². The summed E-state index contributed by atoms with van der Waals surface area (Å²) in [6, 6.07) is 40.9. The molecule has 0 radical (unpaired) electrons. The van der Waals surface area contributed by atoms with Crippen LogP contribution in [-0.4, -0.2) is 116 Å². The number of azo groups is 2. The first-order valence-corrected chi connectivity index (χ1v) is 35.8. The lowest BCUT2D eigenvalue weighted by atomic mass is 9.86.